The number of esters is 1. The van der Waals surface area contributed by atoms with Gasteiger partial charge in [-0.1, -0.05) is 6.92 Å². The molecule has 0 saturated heterocycles. The van der Waals surface area contributed by atoms with Crippen molar-refractivity contribution >= 4 is 29.6 Å². The maximum absolute atomic E-state index is 11.3. The van der Waals surface area contributed by atoms with Gasteiger partial charge in [-0.05, 0) is 6.42 Å². The standard InChI is InChI=1S/C11H19NO5S/c1-8(11(16)17-2)6-18-7-9(13)12-5-3-4-10(14)15/h8H,3-7H2,1-2H3,(H,12,13)(H,14,15). The summed E-state index contributed by atoms with van der Waals surface area (Å²) in [6.07, 6.45) is 0.469. The minimum atomic E-state index is -0.870. The van der Waals surface area contributed by atoms with E-state index in [0.717, 1.165) is 0 Å². The van der Waals surface area contributed by atoms with Crippen LogP contribution in [0, 0.1) is 5.92 Å². The quantitative estimate of drug-likeness (QED) is 0.471. The van der Waals surface area contributed by atoms with Gasteiger partial charge in [-0.2, -0.15) is 11.8 Å². The topological polar surface area (TPSA) is 92.7 Å². The second-order valence-corrected chi connectivity index (χ2v) is 4.82. The molecule has 7 heteroatoms. The highest BCUT2D eigenvalue weighted by Gasteiger charge is 2.13. The summed E-state index contributed by atoms with van der Waals surface area (Å²) in [5, 5.41) is 11.0. The largest absolute Gasteiger partial charge is 0.481 e. The number of hydrogen-bond acceptors (Lipinski definition) is 5. The maximum atomic E-state index is 11.3. The summed E-state index contributed by atoms with van der Waals surface area (Å²) >= 11 is 1.35. The number of methoxy groups -OCH3 is 1. The minimum absolute atomic E-state index is 0.0484. The van der Waals surface area contributed by atoms with Crippen LogP contribution in [-0.2, 0) is 19.1 Å². The number of carboxylic acids is 1. The van der Waals surface area contributed by atoms with Crippen LogP contribution in [0.25, 0.3) is 0 Å². The lowest BCUT2D eigenvalue weighted by Crippen LogP contribution is -2.27. The zero-order chi connectivity index (χ0) is 14.0. The number of carbonyl (C=O) groups excluding carboxylic acids is 2. The average Bonchev–Trinajstić information content (AvgIpc) is 2.33. The number of carboxylic acid groups (broad SMARTS) is 1. The van der Waals surface area contributed by atoms with E-state index in [0.29, 0.717) is 18.7 Å². The smallest absolute Gasteiger partial charge is 0.309 e. The Morgan fingerprint density at radius 1 is 1.39 bits per heavy atom. The third-order valence-electron chi connectivity index (χ3n) is 2.09. The van der Waals surface area contributed by atoms with E-state index < -0.39 is 5.97 Å². The van der Waals surface area contributed by atoms with E-state index in [9.17, 15) is 14.4 Å². The monoisotopic (exact) mass is 277 g/mol. The fourth-order valence-corrected chi connectivity index (χ4v) is 2.01. The number of nitrogens with one attached hydrogen (secondary N) is 1. The second-order valence-electron chi connectivity index (χ2n) is 3.79. The summed E-state index contributed by atoms with van der Waals surface area (Å²) in [7, 11) is 1.33. The Bertz CT molecular complexity index is 295. The number of hydrogen-bond donors (Lipinski definition) is 2. The molecule has 0 fully saturated rings. The van der Waals surface area contributed by atoms with E-state index in [1.807, 2.05) is 0 Å². The minimum Gasteiger partial charge on any atom is -0.481 e. The van der Waals surface area contributed by atoms with Crippen molar-refractivity contribution in [1.29, 1.82) is 0 Å². The van der Waals surface area contributed by atoms with Gasteiger partial charge in [0.25, 0.3) is 0 Å². The highest BCUT2D eigenvalue weighted by molar-refractivity contribution is 7.99. The van der Waals surface area contributed by atoms with Crippen molar-refractivity contribution in [2.24, 2.45) is 5.92 Å². The Labute approximate surface area is 110 Å². The zero-order valence-electron chi connectivity index (χ0n) is 10.6. The van der Waals surface area contributed by atoms with Crippen LogP contribution in [-0.4, -0.2) is 48.1 Å². The molecule has 0 aromatic carbocycles. The molecule has 0 heterocycles. The molecule has 0 spiro atoms. The Kier molecular flexibility index (Phi) is 9.08. The highest BCUT2D eigenvalue weighted by atomic mass is 32.2. The SMILES string of the molecule is COC(=O)C(C)CSCC(=O)NCCCC(=O)O. The van der Waals surface area contributed by atoms with Gasteiger partial charge < -0.3 is 15.2 Å². The number of aliphatic carboxylic acids is 1. The molecule has 2 N–H and O–H groups in total. The Morgan fingerprint density at radius 3 is 2.61 bits per heavy atom. The van der Waals surface area contributed by atoms with Crippen LogP contribution in [0.2, 0.25) is 0 Å². The molecule has 0 aromatic heterocycles. The van der Waals surface area contributed by atoms with Crippen LogP contribution in [0.15, 0.2) is 0 Å². The second kappa shape index (κ2) is 9.76. The van der Waals surface area contributed by atoms with Crippen molar-refractivity contribution in [3.8, 4) is 0 Å². The lowest BCUT2D eigenvalue weighted by molar-refractivity contribution is -0.144. The summed E-state index contributed by atoms with van der Waals surface area (Å²) in [6.45, 7) is 2.10. The van der Waals surface area contributed by atoms with Gasteiger partial charge in [0, 0.05) is 18.7 Å². The van der Waals surface area contributed by atoms with Gasteiger partial charge >= 0.3 is 11.9 Å². The first-order chi connectivity index (χ1) is 8.47. The highest BCUT2D eigenvalue weighted by Crippen LogP contribution is 2.09. The predicted octanol–water partition coefficient (Wildman–Crippen LogP) is 0.510. The normalized spacial score (nSPS) is 11.7. The lowest BCUT2D eigenvalue weighted by Gasteiger charge is -2.08. The number of rotatable bonds is 9. The Hall–Kier alpha value is -1.24. The van der Waals surface area contributed by atoms with E-state index in [1.54, 1.807) is 6.92 Å². The van der Waals surface area contributed by atoms with Crippen molar-refractivity contribution in [1.82, 2.24) is 5.32 Å². The van der Waals surface area contributed by atoms with E-state index in [2.05, 4.69) is 10.1 Å². The van der Waals surface area contributed by atoms with Gasteiger partial charge in [0.1, 0.15) is 0 Å². The van der Waals surface area contributed by atoms with E-state index in [1.165, 1.54) is 18.9 Å². The maximum Gasteiger partial charge on any atom is 0.309 e. The van der Waals surface area contributed by atoms with Gasteiger partial charge in [-0.15, -0.1) is 0 Å². The molecule has 104 valence electrons. The van der Waals surface area contributed by atoms with Gasteiger partial charge in [0.2, 0.25) is 5.91 Å². The predicted molar refractivity (Wildman–Crippen MR) is 68.4 cm³/mol. The van der Waals surface area contributed by atoms with Gasteiger partial charge in [0.05, 0.1) is 18.8 Å². The van der Waals surface area contributed by atoms with Crippen LogP contribution in [0.4, 0.5) is 0 Å². The molecule has 0 rings (SSSR count). The molecule has 1 atom stereocenters. The summed E-state index contributed by atoms with van der Waals surface area (Å²) in [4.78, 5) is 32.6. The lowest BCUT2D eigenvalue weighted by atomic mass is 10.2. The summed E-state index contributed by atoms with van der Waals surface area (Å²) < 4.78 is 4.56. The third-order valence-corrected chi connectivity index (χ3v) is 3.30. The molecule has 0 aliphatic heterocycles. The fourth-order valence-electron chi connectivity index (χ4n) is 1.12. The van der Waals surface area contributed by atoms with Crippen molar-refractivity contribution in [3.05, 3.63) is 0 Å². The first-order valence-electron chi connectivity index (χ1n) is 5.61. The summed E-state index contributed by atoms with van der Waals surface area (Å²) in [5.74, 6) is -0.763. The zero-order valence-corrected chi connectivity index (χ0v) is 11.4. The fraction of sp³-hybridized carbons (Fsp3) is 0.727. The van der Waals surface area contributed by atoms with Crippen molar-refractivity contribution in [3.63, 3.8) is 0 Å². The van der Waals surface area contributed by atoms with Gasteiger partial charge in [-0.3, -0.25) is 14.4 Å². The van der Waals surface area contributed by atoms with Crippen molar-refractivity contribution in [2.45, 2.75) is 19.8 Å². The van der Waals surface area contributed by atoms with Gasteiger partial charge in [-0.25, -0.2) is 0 Å². The molecular weight excluding hydrogens is 258 g/mol. The van der Waals surface area contributed by atoms with Crippen LogP contribution in [0.1, 0.15) is 19.8 Å². The van der Waals surface area contributed by atoms with E-state index in [-0.39, 0.29) is 30.0 Å². The molecule has 0 aliphatic rings. The number of carbonyl (C=O) groups is 3. The van der Waals surface area contributed by atoms with Crippen molar-refractivity contribution in [2.75, 3.05) is 25.2 Å². The molecule has 1 unspecified atom stereocenters. The van der Waals surface area contributed by atoms with Crippen LogP contribution >= 0.6 is 11.8 Å². The molecular formula is C11H19NO5S. The number of ether oxygens (including phenoxy) is 1. The molecule has 0 aliphatic carbocycles. The Balaban J connectivity index is 3.53. The molecule has 0 bridgehead atoms. The van der Waals surface area contributed by atoms with E-state index in [4.69, 9.17) is 5.11 Å². The molecule has 0 aromatic rings. The van der Waals surface area contributed by atoms with Crippen LogP contribution in [0.5, 0.6) is 0 Å². The van der Waals surface area contributed by atoms with Gasteiger partial charge in [0.15, 0.2) is 0 Å². The van der Waals surface area contributed by atoms with Crippen molar-refractivity contribution < 1.29 is 24.2 Å². The molecule has 0 saturated carbocycles. The van der Waals surface area contributed by atoms with E-state index >= 15 is 0 Å². The Morgan fingerprint density at radius 2 is 2.06 bits per heavy atom. The number of thioether (sulfide) groups is 1. The summed E-state index contributed by atoms with van der Waals surface area (Å²) in [6, 6.07) is 0. The van der Waals surface area contributed by atoms with Crippen LogP contribution < -0.4 is 5.32 Å². The third kappa shape index (κ3) is 8.86. The first-order valence-corrected chi connectivity index (χ1v) is 6.77. The molecule has 1 amide bonds. The molecule has 0 radical (unpaired) electrons. The molecule has 6 nitrogen and oxygen atoms in total. The molecule has 18 heavy (non-hydrogen) atoms. The van der Waals surface area contributed by atoms with Crippen LogP contribution in [0.3, 0.4) is 0 Å². The first kappa shape index (κ1) is 16.8. The number of amides is 1. The average molecular weight is 277 g/mol. The summed E-state index contributed by atoms with van der Waals surface area (Å²) in [5.41, 5.74) is 0.